The highest BCUT2D eigenvalue weighted by Gasteiger charge is 2.12. The molecule has 0 aliphatic rings. The quantitative estimate of drug-likeness (QED) is 0.676. The number of pyridine rings is 1. The van der Waals surface area contributed by atoms with Crippen molar-refractivity contribution in [3.05, 3.63) is 47.8 Å². The van der Waals surface area contributed by atoms with E-state index in [0.717, 1.165) is 22.3 Å². The van der Waals surface area contributed by atoms with Crippen LogP contribution >= 0.6 is 0 Å². The topological polar surface area (TPSA) is 65.2 Å². The lowest BCUT2D eigenvalue weighted by Crippen LogP contribution is -2.06. The van der Waals surface area contributed by atoms with Crippen molar-refractivity contribution in [2.24, 2.45) is 0 Å². The second-order valence-electron chi connectivity index (χ2n) is 4.36. The Morgan fingerprint density at radius 1 is 1.32 bits per heavy atom. The van der Waals surface area contributed by atoms with Crippen molar-refractivity contribution < 1.29 is 9.53 Å². The van der Waals surface area contributed by atoms with Crippen molar-refractivity contribution in [2.45, 2.75) is 13.3 Å². The number of esters is 1. The van der Waals surface area contributed by atoms with E-state index < -0.39 is 0 Å². The number of rotatable bonds is 3. The standard InChI is InChI=1S/C15H16N2O2/c1-10-5-6-17-9-14(10)13-4-3-12(16)7-11(13)8-15(18)19-2/h3-7,9H,8,16H2,1-2H3. The van der Waals surface area contributed by atoms with Crippen LogP contribution in [0.3, 0.4) is 0 Å². The van der Waals surface area contributed by atoms with Gasteiger partial charge in [0, 0.05) is 23.6 Å². The molecule has 0 aliphatic carbocycles. The molecule has 2 rings (SSSR count). The van der Waals surface area contributed by atoms with Crippen molar-refractivity contribution in [3.63, 3.8) is 0 Å². The predicted molar refractivity (Wildman–Crippen MR) is 74.5 cm³/mol. The molecule has 98 valence electrons. The van der Waals surface area contributed by atoms with E-state index in [4.69, 9.17) is 10.5 Å². The van der Waals surface area contributed by atoms with E-state index in [2.05, 4.69) is 4.98 Å². The zero-order valence-electron chi connectivity index (χ0n) is 11.0. The first-order valence-electron chi connectivity index (χ1n) is 5.98. The number of aromatic nitrogens is 1. The summed E-state index contributed by atoms with van der Waals surface area (Å²) in [7, 11) is 1.38. The fourth-order valence-corrected chi connectivity index (χ4v) is 2.00. The highest BCUT2D eigenvalue weighted by atomic mass is 16.5. The van der Waals surface area contributed by atoms with Crippen molar-refractivity contribution in [3.8, 4) is 11.1 Å². The average Bonchev–Trinajstić information content (AvgIpc) is 2.40. The summed E-state index contributed by atoms with van der Waals surface area (Å²) >= 11 is 0. The number of nitrogens with two attached hydrogens (primary N) is 1. The summed E-state index contributed by atoms with van der Waals surface area (Å²) in [5.74, 6) is -0.284. The Hall–Kier alpha value is -2.36. The summed E-state index contributed by atoms with van der Waals surface area (Å²) in [5.41, 5.74) is 10.3. The minimum atomic E-state index is -0.284. The zero-order chi connectivity index (χ0) is 13.8. The summed E-state index contributed by atoms with van der Waals surface area (Å²) in [5, 5.41) is 0. The third-order valence-corrected chi connectivity index (χ3v) is 3.02. The maximum atomic E-state index is 11.5. The van der Waals surface area contributed by atoms with Crippen LogP contribution in [0, 0.1) is 6.92 Å². The van der Waals surface area contributed by atoms with E-state index >= 15 is 0 Å². The number of carbonyl (C=O) groups excluding carboxylic acids is 1. The molecule has 0 fully saturated rings. The van der Waals surface area contributed by atoms with Gasteiger partial charge in [0.05, 0.1) is 13.5 Å². The van der Waals surface area contributed by atoms with E-state index in [-0.39, 0.29) is 12.4 Å². The van der Waals surface area contributed by atoms with E-state index in [1.165, 1.54) is 7.11 Å². The lowest BCUT2D eigenvalue weighted by Gasteiger charge is -2.11. The summed E-state index contributed by atoms with van der Waals surface area (Å²) in [6.07, 6.45) is 3.74. The van der Waals surface area contributed by atoms with Gasteiger partial charge in [-0.2, -0.15) is 0 Å². The lowest BCUT2D eigenvalue weighted by atomic mass is 9.95. The molecule has 19 heavy (non-hydrogen) atoms. The van der Waals surface area contributed by atoms with Crippen LogP contribution in [0.1, 0.15) is 11.1 Å². The van der Waals surface area contributed by atoms with Crippen LogP contribution in [0.25, 0.3) is 11.1 Å². The summed E-state index contributed by atoms with van der Waals surface area (Å²) in [4.78, 5) is 15.6. The molecule has 0 spiro atoms. The molecule has 4 heteroatoms. The van der Waals surface area contributed by atoms with Gasteiger partial charge in [0.15, 0.2) is 0 Å². The normalized spacial score (nSPS) is 10.2. The lowest BCUT2D eigenvalue weighted by molar-refractivity contribution is -0.139. The van der Waals surface area contributed by atoms with Gasteiger partial charge in [-0.15, -0.1) is 0 Å². The number of carbonyl (C=O) groups is 1. The Labute approximate surface area is 112 Å². The molecule has 2 N–H and O–H groups in total. The molecule has 2 aromatic rings. The number of benzene rings is 1. The van der Waals surface area contributed by atoms with Crippen LogP contribution in [-0.2, 0) is 16.0 Å². The first kappa shape index (κ1) is 13.1. The molecule has 0 amide bonds. The van der Waals surface area contributed by atoms with Gasteiger partial charge >= 0.3 is 5.97 Å². The average molecular weight is 256 g/mol. The molecule has 0 saturated heterocycles. The molecular weight excluding hydrogens is 240 g/mol. The third kappa shape index (κ3) is 2.91. The molecule has 1 heterocycles. The smallest absolute Gasteiger partial charge is 0.310 e. The molecule has 1 aromatic heterocycles. The van der Waals surface area contributed by atoms with E-state index in [1.54, 1.807) is 18.5 Å². The number of hydrogen-bond acceptors (Lipinski definition) is 4. The number of ether oxygens (including phenoxy) is 1. The van der Waals surface area contributed by atoms with Gasteiger partial charge in [0.1, 0.15) is 0 Å². The minimum absolute atomic E-state index is 0.200. The van der Waals surface area contributed by atoms with Gasteiger partial charge < -0.3 is 10.5 Å². The van der Waals surface area contributed by atoms with Crippen LogP contribution in [0.2, 0.25) is 0 Å². The van der Waals surface area contributed by atoms with Crippen molar-refractivity contribution in [1.82, 2.24) is 4.98 Å². The highest BCUT2D eigenvalue weighted by molar-refractivity contribution is 5.79. The maximum Gasteiger partial charge on any atom is 0.310 e. The minimum Gasteiger partial charge on any atom is -0.469 e. The zero-order valence-corrected chi connectivity index (χ0v) is 11.0. The number of anilines is 1. The number of nitrogens with zero attached hydrogens (tertiary/aromatic N) is 1. The highest BCUT2D eigenvalue weighted by Crippen LogP contribution is 2.28. The molecule has 4 nitrogen and oxygen atoms in total. The molecule has 1 aromatic carbocycles. The number of aryl methyl sites for hydroxylation is 1. The fourth-order valence-electron chi connectivity index (χ4n) is 2.00. The molecule has 0 atom stereocenters. The number of methoxy groups -OCH3 is 1. The second-order valence-corrected chi connectivity index (χ2v) is 4.36. The van der Waals surface area contributed by atoms with E-state index in [0.29, 0.717) is 5.69 Å². The summed E-state index contributed by atoms with van der Waals surface area (Å²) < 4.78 is 4.72. The predicted octanol–water partition coefficient (Wildman–Crippen LogP) is 2.35. The Morgan fingerprint density at radius 2 is 2.11 bits per heavy atom. The summed E-state index contributed by atoms with van der Waals surface area (Å²) in [6, 6.07) is 7.48. The molecule has 0 saturated carbocycles. The Kier molecular flexibility index (Phi) is 3.80. The van der Waals surface area contributed by atoms with Crippen LogP contribution < -0.4 is 5.73 Å². The summed E-state index contributed by atoms with van der Waals surface area (Å²) in [6.45, 7) is 2.01. The van der Waals surface area contributed by atoms with Gasteiger partial charge in [0.25, 0.3) is 0 Å². The SMILES string of the molecule is COC(=O)Cc1cc(N)ccc1-c1cnccc1C. The molecule has 0 radical (unpaired) electrons. The third-order valence-electron chi connectivity index (χ3n) is 3.02. The van der Waals surface area contributed by atoms with Crippen molar-refractivity contribution >= 4 is 11.7 Å². The van der Waals surface area contributed by atoms with E-state index in [9.17, 15) is 4.79 Å². The van der Waals surface area contributed by atoms with Gasteiger partial charge in [-0.3, -0.25) is 9.78 Å². The van der Waals surface area contributed by atoms with Crippen molar-refractivity contribution in [2.75, 3.05) is 12.8 Å². The molecule has 0 aliphatic heterocycles. The number of hydrogen-bond donors (Lipinski definition) is 1. The van der Waals surface area contributed by atoms with Crippen LogP contribution in [0.4, 0.5) is 5.69 Å². The van der Waals surface area contributed by atoms with Gasteiger partial charge in [0.2, 0.25) is 0 Å². The van der Waals surface area contributed by atoms with Gasteiger partial charge in [-0.25, -0.2) is 0 Å². The van der Waals surface area contributed by atoms with Crippen molar-refractivity contribution in [1.29, 1.82) is 0 Å². The molecule has 0 unspecified atom stereocenters. The largest absolute Gasteiger partial charge is 0.469 e. The van der Waals surface area contributed by atoms with E-state index in [1.807, 2.05) is 25.1 Å². The first-order valence-corrected chi connectivity index (χ1v) is 5.98. The first-order chi connectivity index (χ1) is 9.11. The maximum absolute atomic E-state index is 11.5. The number of nitrogen functional groups attached to an aromatic ring is 1. The van der Waals surface area contributed by atoms with Crippen LogP contribution in [-0.4, -0.2) is 18.1 Å². The van der Waals surface area contributed by atoms with Gasteiger partial charge in [-0.1, -0.05) is 6.07 Å². The Bertz CT molecular complexity index is 609. The Morgan fingerprint density at radius 3 is 2.79 bits per heavy atom. The van der Waals surface area contributed by atoms with Crippen LogP contribution in [0.5, 0.6) is 0 Å². The van der Waals surface area contributed by atoms with Crippen LogP contribution in [0.15, 0.2) is 36.7 Å². The molecule has 0 bridgehead atoms. The fraction of sp³-hybridized carbons (Fsp3) is 0.200. The molecular formula is C15H16N2O2. The Balaban J connectivity index is 2.51. The monoisotopic (exact) mass is 256 g/mol. The van der Waals surface area contributed by atoms with Gasteiger partial charge in [-0.05, 0) is 41.8 Å². The second kappa shape index (κ2) is 5.52.